The van der Waals surface area contributed by atoms with Crippen molar-refractivity contribution in [1.82, 2.24) is 10.3 Å². The first-order chi connectivity index (χ1) is 10.1. The lowest BCUT2D eigenvalue weighted by atomic mass is 10.1. The molecule has 1 amide bonds. The molecule has 2 rings (SSSR count). The number of rotatable bonds is 5. The second kappa shape index (κ2) is 7.11. The van der Waals surface area contributed by atoms with Crippen LogP contribution in [0.5, 0.6) is 0 Å². The summed E-state index contributed by atoms with van der Waals surface area (Å²) in [5.74, 6) is -0.212. The van der Waals surface area contributed by atoms with E-state index in [0.29, 0.717) is 11.1 Å². The summed E-state index contributed by atoms with van der Waals surface area (Å²) in [5.41, 5.74) is 1.18. The van der Waals surface area contributed by atoms with Crippen LogP contribution in [0, 0.1) is 0 Å². The normalized spacial score (nSPS) is 13.9. The Bertz CT molecular complexity index is 647. The number of hydrogen-bond donors (Lipinski definition) is 2. The van der Waals surface area contributed by atoms with Crippen LogP contribution in [0.25, 0.3) is 10.9 Å². The van der Waals surface area contributed by atoms with Crippen LogP contribution in [-0.4, -0.2) is 40.2 Å². The average Bonchev–Trinajstić information content (AvgIpc) is 2.47. The summed E-state index contributed by atoms with van der Waals surface area (Å²) < 4.78 is 0. The lowest BCUT2D eigenvalue weighted by Crippen LogP contribution is -2.41. The number of benzene rings is 1. The van der Waals surface area contributed by atoms with Gasteiger partial charge in [-0.25, -0.2) is 4.98 Å². The van der Waals surface area contributed by atoms with E-state index < -0.39 is 0 Å². The Morgan fingerprint density at radius 1 is 1.48 bits per heavy atom. The van der Waals surface area contributed by atoms with Crippen LogP contribution < -0.4 is 5.32 Å². The van der Waals surface area contributed by atoms with Crippen LogP contribution in [0.3, 0.4) is 0 Å². The van der Waals surface area contributed by atoms with Gasteiger partial charge in [0.05, 0.1) is 17.7 Å². The first-order valence-corrected chi connectivity index (χ1v) is 8.23. The summed E-state index contributed by atoms with van der Waals surface area (Å²) in [6.45, 7) is 1.89. The minimum Gasteiger partial charge on any atom is -0.395 e. The molecule has 0 spiro atoms. The molecule has 112 valence electrons. The highest BCUT2D eigenvalue weighted by Crippen LogP contribution is 2.21. The molecule has 0 saturated heterocycles. The molecular formula is C15H17ClN2O2S. The number of aliphatic hydroxyl groups is 1. The number of hydrogen-bond acceptors (Lipinski definition) is 4. The molecule has 21 heavy (non-hydrogen) atoms. The van der Waals surface area contributed by atoms with E-state index in [1.807, 2.05) is 37.4 Å². The fraction of sp³-hybridized carbons (Fsp3) is 0.333. The summed E-state index contributed by atoms with van der Waals surface area (Å²) in [6.07, 6.45) is 1.91. The van der Waals surface area contributed by atoms with Gasteiger partial charge in [-0.05, 0) is 25.3 Å². The molecule has 1 aromatic heterocycles. The predicted octanol–water partition coefficient (Wildman–Crippen LogP) is 2.73. The van der Waals surface area contributed by atoms with Gasteiger partial charge in [-0.3, -0.25) is 4.79 Å². The number of halogens is 1. The maximum absolute atomic E-state index is 12.5. The van der Waals surface area contributed by atoms with E-state index in [2.05, 4.69) is 10.3 Å². The number of para-hydroxylation sites is 1. The van der Waals surface area contributed by atoms with E-state index in [4.69, 9.17) is 11.6 Å². The van der Waals surface area contributed by atoms with E-state index in [-0.39, 0.29) is 29.0 Å². The number of thioether (sulfide) groups is 1. The number of carbonyl (C=O) groups excluding carboxylic acids is 1. The van der Waals surface area contributed by atoms with Gasteiger partial charge in [0, 0.05) is 16.7 Å². The first kappa shape index (κ1) is 16.1. The molecule has 0 aliphatic rings. The van der Waals surface area contributed by atoms with Crippen molar-refractivity contribution in [3.8, 4) is 0 Å². The molecule has 0 aliphatic carbocycles. The zero-order valence-electron chi connectivity index (χ0n) is 11.8. The molecule has 0 saturated carbocycles. The van der Waals surface area contributed by atoms with E-state index >= 15 is 0 Å². The fourth-order valence-electron chi connectivity index (χ4n) is 2.15. The SMILES string of the molecule is CSC(CO)C(C)NC(=O)c1cc(Cl)nc2ccccc12. The number of pyridine rings is 1. The maximum atomic E-state index is 12.5. The number of carbonyl (C=O) groups is 1. The molecule has 2 unspecified atom stereocenters. The van der Waals surface area contributed by atoms with Crippen LogP contribution in [0.15, 0.2) is 30.3 Å². The number of amides is 1. The minimum atomic E-state index is -0.212. The van der Waals surface area contributed by atoms with Crippen LogP contribution in [0.2, 0.25) is 5.15 Å². The van der Waals surface area contributed by atoms with Crippen LogP contribution in [0.1, 0.15) is 17.3 Å². The van der Waals surface area contributed by atoms with Crippen LogP contribution >= 0.6 is 23.4 Å². The fourth-order valence-corrected chi connectivity index (χ4v) is 2.97. The van der Waals surface area contributed by atoms with Crippen LogP contribution in [0.4, 0.5) is 0 Å². The third-order valence-corrected chi connectivity index (χ3v) is 4.69. The first-order valence-electron chi connectivity index (χ1n) is 6.56. The molecular weight excluding hydrogens is 308 g/mol. The summed E-state index contributed by atoms with van der Waals surface area (Å²) in [4.78, 5) is 16.7. The molecule has 2 N–H and O–H groups in total. The molecule has 0 fully saturated rings. The van der Waals surface area contributed by atoms with Crippen molar-refractivity contribution >= 4 is 40.2 Å². The monoisotopic (exact) mass is 324 g/mol. The number of nitrogens with zero attached hydrogens (tertiary/aromatic N) is 1. The Labute approximate surface area is 132 Å². The van der Waals surface area contributed by atoms with Gasteiger partial charge < -0.3 is 10.4 Å². The molecule has 0 radical (unpaired) electrons. The van der Waals surface area contributed by atoms with Crippen molar-refractivity contribution in [2.24, 2.45) is 0 Å². The Morgan fingerprint density at radius 2 is 2.19 bits per heavy atom. The molecule has 1 heterocycles. The molecule has 4 nitrogen and oxygen atoms in total. The molecule has 6 heteroatoms. The standard InChI is InChI=1S/C15H17ClN2O2S/c1-9(13(8-19)21-2)17-15(20)11-7-14(16)18-12-6-4-3-5-10(11)12/h3-7,9,13,19H,8H2,1-2H3,(H,17,20). The lowest BCUT2D eigenvalue weighted by molar-refractivity contribution is 0.0937. The number of nitrogens with one attached hydrogen (secondary N) is 1. The zero-order valence-corrected chi connectivity index (χ0v) is 13.4. The highest BCUT2D eigenvalue weighted by Gasteiger charge is 2.20. The molecule has 2 aromatic rings. The number of fused-ring (bicyclic) bond motifs is 1. The van der Waals surface area contributed by atoms with Gasteiger partial charge in [-0.2, -0.15) is 11.8 Å². The number of aromatic nitrogens is 1. The quantitative estimate of drug-likeness (QED) is 0.830. The Morgan fingerprint density at radius 3 is 2.86 bits per heavy atom. The van der Waals surface area contributed by atoms with Gasteiger partial charge >= 0.3 is 0 Å². The van der Waals surface area contributed by atoms with Crippen molar-refractivity contribution < 1.29 is 9.90 Å². The summed E-state index contributed by atoms with van der Waals surface area (Å²) in [6, 6.07) is 8.79. The second-order valence-corrected chi connectivity index (χ2v) is 6.19. The van der Waals surface area contributed by atoms with Gasteiger partial charge in [-0.1, -0.05) is 29.8 Å². The van der Waals surface area contributed by atoms with E-state index in [9.17, 15) is 9.90 Å². The Kier molecular flexibility index (Phi) is 5.45. The van der Waals surface area contributed by atoms with Crippen molar-refractivity contribution in [3.63, 3.8) is 0 Å². The van der Waals surface area contributed by atoms with E-state index in [0.717, 1.165) is 5.39 Å². The molecule has 0 aliphatic heterocycles. The van der Waals surface area contributed by atoms with Crippen LogP contribution in [-0.2, 0) is 0 Å². The number of aliphatic hydroxyl groups excluding tert-OH is 1. The maximum Gasteiger partial charge on any atom is 0.252 e. The summed E-state index contributed by atoms with van der Waals surface area (Å²) in [5, 5.41) is 13.2. The lowest BCUT2D eigenvalue weighted by Gasteiger charge is -2.21. The van der Waals surface area contributed by atoms with Gasteiger partial charge in [0.15, 0.2) is 0 Å². The predicted molar refractivity (Wildman–Crippen MR) is 88.1 cm³/mol. The highest BCUT2D eigenvalue weighted by atomic mass is 35.5. The van der Waals surface area contributed by atoms with Crippen molar-refractivity contribution in [3.05, 3.63) is 41.0 Å². The second-order valence-electron chi connectivity index (χ2n) is 4.73. The third-order valence-electron chi connectivity index (χ3n) is 3.33. The molecule has 1 aromatic carbocycles. The van der Waals surface area contributed by atoms with E-state index in [1.165, 1.54) is 11.8 Å². The average molecular weight is 325 g/mol. The molecule has 2 atom stereocenters. The van der Waals surface area contributed by atoms with Gasteiger partial charge in [-0.15, -0.1) is 0 Å². The third kappa shape index (κ3) is 3.67. The topological polar surface area (TPSA) is 62.2 Å². The van der Waals surface area contributed by atoms with Gasteiger partial charge in [0.25, 0.3) is 5.91 Å². The Hall–Kier alpha value is -1.30. The molecule has 0 bridgehead atoms. The van der Waals surface area contributed by atoms with E-state index in [1.54, 1.807) is 6.07 Å². The Balaban J connectivity index is 2.31. The summed E-state index contributed by atoms with van der Waals surface area (Å²) >= 11 is 7.51. The smallest absolute Gasteiger partial charge is 0.252 e. The highest BCUT2D eigenvalue weighted by molar-refractivity contribution is 7.99. The summed E-state index contributed by atoms with van der Waals surface area (Å²) in [7, 11) is 0. The van der Waals surface area contributed by atoms with Gasteiger partial charge in [0.2, 0.25) is 0 Å². The largest absolute Gasteiger partial charge is 0.395 e. The van der Waals surface area contributed by atoms with Gasteiger partial charge in [0.1, 0.15) is 5.15 Å². The van der Waals surface area contributed by atoms with Crippen molar-refractivity contribution in [2.45, 2.75) is 18.2 Å². The minimum absolute atomic E-state index is 0.0143. The zero-order chi connectivity index (χ0) is 15.4. The van der Waals surface area contributed by atoms with Crippen molar-refractivity contribution in [2.75, 3.05) is 12.9 Å². The van der Waals surface area contributed by atoms with Crippen molar-refractivity contribution in [1.29, 1.82) is 0 Å².